The lowest BCUT2D eigenvalue weighted by Gasteiger charge is -2.29. The van der Waals surface area contributed by atoms with E-state index in [1.807, 2.05) is 0 Å². The highest BCUT2D eigenvalue weighted by atomic mass is 32.2. The molecule has 1 heterocycles. The Hall–Kier alpha value is -2.59. The quantitative estimate of drug-likeness (QED) is 0.726. The van der Waals surface area contributed by atoms with Crippen LogP contribution in [0.5, 0.6) is 0 Å². The smallest absolute Gasteiger partial charge is 0.262 e. The molecule has 1 fully saturated rings. The van der Waals surface area contributed by atoms with Crippen LogP contribution in [0, 0.1) is 13.8 Å². The molecule has 2 aromatic carbocycles. The van der Waals surface area contributed by atoms with E-state index in [2.05, 4.69) is 10.0 Å². The first-order valence-corrected chi connectivity index (χ1v) is 12.6. The van der Waals surface area contributed by atoms with Gasteiger partial charge >= 0.3 is 0 Å². The predicted octanol–water partition coefficient (Wildman–Crippen LogP) is 2.99. The van der Waals surface area contributed by atoms with Gasteiger partial charge in [-0.15, -0.1) is 0 Å². The molecule has 1 aliphatic heterocycles. The Morgan fingerprint density at radius 2 is 1.67 bits per heavy atom. The van der Waals surface area contributed by atoms with Gasteiger partial charge in [0.2, 0.25) is 15.9 Å². The Balaban J connectivity index is 1.94. The van der Waals surface area contributed by atoms with Gasteiger partial charge in [-0.25, -0.2) is 16.8 Å². The molecule has 0 aliphatic carbocycles. The van der Waals surface area contributed by atoms with Gasteiger partial charge in [-0.3, -0.25) is 13.8 Å². The molecule has 1 amide bonds. The zero-order valence-electron chi connectivity index (χ0n) is 17.1. The molecule has 0 aromatic heterocycles. The van der Waals surface area contributed by atoms with Gasteiger partial charge in [0.1, 0.15) is 0 Å². The molecule has 30 heavy (non-hydrogen) atoms. The van der Waals surface area contributed by atoms with E-state index in [1.54, 1.807) is 44.2 Å². The minimum absolute atomic E-state index is 0.0946. The predicted molar refractivity (Wildman–Crippen MR) is 118 cm³/mol. The molecule has 8 nitrogen and oxygen atoms in total. The van der Waals surface area contributed by atoms with Crippen molar-refractivity contribution in [2.75, 3.05) is 26.6 Å². The average molecular weight is 452 g/mol. The van der Waals surface area contributed by atoms with E-state index in [1.165, 1.54) is 17.3 Å². The van der Waals surface area contributed by atoms with Crippen LogP contribution in [0.4, 0.5) is 17.1 Å². The number of benzene rings is 2. The summed E-state index contributed by atoms with van der Waals surface area (Å²) in [4.78, 5) is 11.3. The van der Waals surface area contributed by atoms with E-state index in [0.29, 0.717) is 41.2 Å². The zero-order chi connectivity index (χ0) is 22.1. The second kappa shape index (κ2) is 8.27. The summed E-state index contributed by atoms with van der Waals surface area (Å²) in [5.74, 6) is -0.165. The summed E-state index contributed by atoms with van der Waals surface area (Å²) in [7, 11) is -7.31. The van der Waals surface area contributed by atoms with Crippen molar-refractivity contribution in [1.82, 2.24) is 0 Å². The van der Waals surface area contributed by atoms with Crippen LogP contribution in [0.3, 0.4) is 0 Å². The minimum Gasteiger partial charge on any atom is -0.326 e. The standard InChI is InChI=1S/C20H25N3O5S2/c1-14-11-19(23-9-4-5-10-29(23,25)26)12-15(2)20(14)30(27,28)22-18-8-6-7-17(13-18)21-16(3)24/h6-8,11-13,22H,4-5,9-10H2,1-3H3,(H,21,24). The molecule has 2 aromatic rings. The summed E-state index contributed by atoms with van der Waals surface area (Å²) in [6.07, 6.45) is 1.40. The fourth-order valence-electron chi connectivity index (χ4n) is 3.64. The minimum atomic E-state index is -3.93. The van der Waals surface area contributed by atoms with Crippen molar-refractivity contribution in [2.24, 2.45) is 0 Å². The highest BCUT2D eigenvalue weighted by Gasteiger charge is 2.28. The number of carbonyl (C=O) groups is 1. The lowest BCUT2D eigenvalue weighted by Crippen LogP contribution is -2.38. The first-order chi connectivity index (χ1) is 14.0. The maximum Gasteiger partial charge on any atom is 0.262 e. The van der Waals surface area contributed by atoms with Gasteiger partial charge in [0.05, 0.1) is 22.0 Å². The number of hydrogen-bond donors (Lipinski definition) is 2. The third-order valence-corrected chi connectivity index (χ3v) is 8.34. The van der Waals surface area contributed by atoms with Gasteiger partial charge in [0, 0.05) is 19.2 Å². The van der Waals surface area contributed by atoms with Crippen LogP contribution in [-0.2, 0) is 24.8 Å². The molecule has 10 heteroatoms. The van der Waals surface area contributed by atoms with Crippen LogP contribution < -0.4 is 14.3 Å². The first-order valence-electron chi connectivity index (χ1n) is 9.52. The van der Waals surface area contributed by atoms with E-state index >= 15 is 0 Å². The van der Waals surface area contributed by atoms with E-state index in [0.717, 1.165) is 6.42 Å². The average Bonchev–Trinajstić information content (AvgIpc) is 2.59. The van der Waals surface area contributed by atoms with Crippen molar-refractivity contribution in [1.29, 1.82) is 0 Å². The highest BCUT2D eigenvalue weighted by molar-refractivity contribution is 7.93. The number of hydrogen-bond acceptors (Lipinski definition) is 5. The maximum atomic E-state index is 13.1. The molecular weight excluding hydrogens is 426 g/mol. The number of amides is 1. The number of sulfonamides is 2. The zero-order valence-corrected chi connectivity index (χ0v) is 18.7. The molecule has 0 saturated carbocycles. The lowest BCUT2D eigenvalue weighted by molar-refractivity contribution is -0.114. The molecule has 1 saturated heterocycles. The molecular formula is C20H25N3O5S2. The molecule has 0 bridgehead atoms. The third-order valence-electron chi connectivity index (χ3n) is 4.79. The van der Waals surface area contributed by atoms with Crippen molar-refractivity contribution in [2.45, 2.75) is 38.5 Å². The Kier molecular flexibility index (Phi) is 6.09. The topological polar surface area (TPSA) is 113 Å². The Labute approximate surface area is 177 Å². The number of carbonyl (C=O) groups excluding carboxylic acids is 1. The SMILES string of the molecule is CC(=O)Nc1cccc(NS(=O)(=O)c2c(C)cc(N3CCCCS3(=O)=O)cc2C)c1. The molecule has 162 valence electrons. The summed E-state index contributed by atoms with van der Waals surface area (Å²) in [6, 6.07) is 9.59. The summed E-state index contributed by atoms with van der Waals surface area (Å²) in [6.45, 7) is 5.06. The van der Waals surface area contributed by atoms with E-state index in [-0.39, 0.29) is 16.6 Å². The van der Waals surface area contributed by atoms with E-state index in [9.17, 15) is 21.6 Å². The molecule has 0 unspecified atom stereocenters. The second-order valence-electron chi connectivity index (χ2n) is 7.37. The Bertz CT molecular complexity index is 1170. The van der Waals surface area contributed by atoms with E-state index in [4.69, 9.17) is 0 Å². The van der Waals surface area contributed by atoms with Crippen molar-refractivity contribution in [3.05, 3.63) is 47.5 Å². The number of rotatable bonds is 5. The van der Waals surface area contributed by atoms with Gasteiger partial charge in [-0.1, -0.05) is 6.07 Å². The van der Waals surface area contributed by atoms with Crippen LogP contribution in [0.1, 0.15) is 30.9 Å². The van der Waals surface area contributed by atoms with E-state index < -0.39 is 20.0 Å². The lowest BCUT2D eigenvalue weighted by atomic mass is 10.1. The van der Waals surface area contributed by atoms with Crippen LogP contribution in [0.2, 0.25) is 0 Å². The van der Waals surface area contributed by atoms with Crippen molar-refractivity contribution in [3.8, 4) is 0 Å². The third kappa shape index (κ3) is 4.76. The summed E-state index contributed by atoms with van der Waals surface area (Å²) in [5, 5.41) is 2.61. The molecule has 2 N–H and O–H groups in total. The van der Waals surface area contributed by atoms with Gasteiger partial charge < -0.3 is 5.32 Å². The number of aryl methyl sites for hydroxylation is 2. The fourth-order valence-corrected chi connectivity index (χ4v) is 6.77. The van der Waals surface area contributed by atoms with Crippen LogP contribution in [0.25, 0.3) is 0 Å². The second-order valence-corrected chi connectivity index (χ2v) is 11.0. The van der Waals surface area contributed by atoms with Crippen molar-refractivity contribution >= 4 is 43.0 Å². The van der Waals surface area contributed by atoms with Gasteiger partial charge in [-0.05, 0) is 68.1 Å². The largest absolute Gasteiger partial charge is 0.326 e. The summed E-state index contributed by atoms with van der Waals surface area (Å²) >= 11 is 0. The molecule has 0 atom stereocenters. The van der Waals surface area contributed by atoms with Gasteiger partial charge in [-0.2, -0.15) is 0 Å². The number of nitrogens with zero attached hydrogens (tertiary/aromatic N) is 1. The molecule has 1 aliphatic rings. The monoisotopic (exact) mass is 451 g/mol. The van der Waals surface area contributed by atoms with Crippen molar-refractivity contribution < 1.29 is 21.6 Å². The fraction of sp³-hybridized carbons (Fsp3) is 0.350. The molecule has 0 radical (unpaired) electrons. The highest BCUT2D eigenvalue weighted by Crippen LogP contribution is 2.31. The Morgan fingerprint density at radius 3 is 2.27 bits per heavy atom. The summed E-state index contributed by atoms with van der Waals surface area (Å²) in [5.41, 5.74) is 2.17. The number of nitrogens with one attached hydrogen (secondary N) is 2. The molecule has 3 rings (SSSR count). The van der Waals surface area contributed by atoms with Crippen LogP contribution in [0.15, 0.2) is 41.3 Å². The number of anilines is 3. The molecule has 0 spiro atoms. The maximum absolute atomic E-state index is 13.1. The summed E-state index contributed by atoms with van der Waals surface area (Å²) < 4.78 is 54.8. The van der Waals surface area contributed by atoms with Crippen LogP contribution in [-0.4, -0.2) is 35.0 Å². The van der Waals surface area contributed by atoms with Crippen LogP contribution >= 0.6 is 0 Å². The Morgan fingerprint density at radius 1 is 1.03 bits per heavy atom. The van der Waals surface area contributed by atoms with Crippen molar-refractivity contribution in [3.63, 3.8) is 0 Å². The first kappa shape index (κ1) is 22.1. The van der Waals surface area contributed by atoms with Gasteiger partial charge in [0.25, 0.3) is 10.0 Å². The normalized spacial score (nSPS) is 16.2. The van der Waals surface area contributed by atoms with Gasteiger partial charge in [0.15, 0.2) is 0 Å².